The molecule has 0 rings (SSSR count). The molecule has 0 radical (unpaired) electrons. The fourth-order valence-corrected chi connectivity index (χ4v) is 5.68. The highest BCUT2D eigenvalue weighted by Gasteiger charge is 2.25. The summed E-state index contributed by atoms with van der Waals surface area (Å²) < 4.78 is 17.1. The van der Waals surface area contributed by atoms with Crippen LogP contribution in [0, 0.1) is 0 Å². The maximum absolute atomic E-state index is 12.7. The summed E-state index contributed by atoms with van der Waals surface area (Å²) in [6.45, 7) is 4.34. The SMILES string of the molecule is CC/C=C/C=C/C=C/CCCCCCCC(=O)OC(COCCC(C(=O)[O-])[N+](C)(C)C)COC(=O)CCCCCC/C=C/C/C=C/C/C=C/C/C=C/C/C=C/CC. The van der Waals surface area contributed by atoms with Gasteiger partial charge in [0.05, 0.1) is 40.3 Å². The molecule has 0 fully saturated rings. The van der Waals surface area contributed by atoms with Crippen LogP contribution in [0.2, 0.25) is 0 Å². The highest BCUT2D eigenvalue weighted by atomic mass is 16.6. The molecule has 2 unspecified atom stereocenters. The summed E-state index contributed by atoms with van der Waals surface area (Å²) in [4.78, 5) is 36.8. The molecule has 0 spiro atoms. The standard InChI is InChI=1S/C49H79NO7/c1-6-8-10-12-14-16-18-20-21-22-23-24-25-26-28-29-31-33-35-37-39-47(51)56-44-45(43-55-42-41-46(49(53)54)50(3,4)5)57-48(52)40-38-36-34-32-30-27-19-17-15-13-11-9-7-2/h8-11,13-17,19-21,23-24,26,28,45-46H,6-7,12,18,22,25,27,29-44H2,1-5H3/b10-8+,11-9+,15-13+,16-14+,19-17+,21-20+,24-23+,28-26+. The number of rotatable bonds is 37. The fraction of sp³-hybridized carbons (Fsp3) is 0.612. The van der Waals surface area contributed by atoms with E-state index in [9.17, 15) is 19.5 Å². The Morgan fingerprint density at radius 1 is 0.544 bits per heavy atom. The number of ether oxygens (including phenoxy) is 3. The summed E-state index contributed by atoms with van der Waals surface area (Å²) in [6.07, 6.45) is 51.5. The third-order valence-electron chi connectivity index (χ3n) is 9.03. The van der Waals surface area contributed by atoms with E-state index in [1.807, 2.05) is 12.2 Å². The molecule has 0 saturated heterocycles. The van der Waals surface area contributed by atoms with E-state index >= 15 is 0 Å². The van der Waals surface area contributed by atoms with Gasteiger partial charge in [0, 0.05) is 19.3 Å². The molecule has 2 atom stereocenters. The lowest BCUT2D eigenvalue weighted by Gasteiger charge is -2.34. The summed E-state index contributed by atoms with van der Waals surface area (Å²) in [5, 5.41) is 11.6. The minimum absolute atomic E-state index is 0.0172. The number of carbonyl (C=O) groups excluding carboxylic acids is 3. The molecule has 8 nitrogen and oxygen atoms in total. The van der Waals surface area contributed by atoms with Crippen molar-refractivity contribution in [2.24, 2.45) is 0 Å². The van der Waals surface area contributed by atoms with Gasteiger partial charge in [-0.05, 0) is 77.0 Å². The highest BCUT2D eigenvalue weighted by Crippen LogP contribution is 2.12. The molecular weight excluding hydrogens is 715 g/mol. The van der Waals surface area contributed by atoms with Gasteiger partial charge in [0.25, 0.3) is 0 Å². The van der Waals surface area contributed by atoms with Crippen LogP contribution in [0.4, 0.5) is 0 Å². The quantitative estimate of drug-likeness (QED) is 0.0203. The predicted molar refractivity (Wildman–Crippen MR) is 235 cm³/mol. The molecule has 57 heavy (non-hydrogen) atoms. The van der Waals surface area contributed by atoms with Crippen LogP contribution in [0.5, 0.6) is 0 Å². The molecular formula is C49H79NO7. The van der Waals surface area contributed by atoms with Crippen molar-refractivity contribution in [1.29, 1.82) is 0 Å². The zero-order valence-electron chi connectivity index (χ0n) is 36.5. The van der Waals surface area contributed by atoms with Crippen LogP contribution in [-0.4, -0.2) is 75.5 Å². The van der Waals surface area contributed by atoms with Crippen molar-refractivity contribution in [1.82, 2.24) is 0 Å². The molecule has 322 valence electrons. The maximum Gasteiger partial charge on any atom is 0.306 e. The molecule has 0 aromatic rings. The number of carbonyl (C=O) groups is 3. The van der Waals surface area contributed by atoms with E-state index in [0.717, 1.165) is 109 Å². The van der Waals surface area contributed by atoms with Gasteiger partial charge >= 0.3 is 11.9 Å². The summed E-state index contributed by atoms with van der Waals surface area (Å²) in [7, 11) is 5.37. The number of likely N-dealkylation sites (N-methyl/N-ethyl adjacent to an activating group) is 1. The molecule has 0 aliphatic rings. The largest absolute Gasteiger partial charge is 0.544 e. The number of hydrogen-bond acceptors (Lipinski definition) is 7. The van der Waals surface area contributed by atoms with Gasteiger partial charge in [0.1, 0.15) is 12.6 Å². The Bertz CT molecular complexity index is 1250. The molecule has 0 heterocycles. The Morgan fingerprint density at radius 2 is 1.02 bits per heavy atom. The molecule has 0 aromatic heterocycles. The highest BCUT2D eigenvalue weighted by molar-refractivity contribution is 5.70. The molecule has 8 heteroatoms. The number of allylic oxidation sites excluding steroid dienone is 16. The summed E-state index contributed by atoms with van der Waals surface area (Å²) >= 11 is 0. The van der Waals surface area contributed by atoms with E-state index in [1.54, 1.807) is 21.1 Å². The first-order valence-electron chi connectivity index (χ1n) is 21.8. The summed E-state index contributed by atoms with van der Waals surface area (Å²) in [5.74, 6) is -1.81. The average Bonchev–Trinajstić information content (AvgIpc) is 3.17. The molecule has 0 aliphatic carbocycles. The first-order chi connectivity index (χ1) is 27.6. The smallest absolute Gasteiger partial charge is 0.306 e. The van der Waals surface area contributed by atoms with Crippen LogP contribution < -0.4 is 5.11 Å². The van der Waals surface area contributed by atoms with Gasteiger partial charge in [-0.2, -0.15) is 0 Å². The second kappa shape index (κ2) is 39.1. The van der Waals surface area contributed by atoms with Crippen LogP contribution in [0.25, 0.3) is 0 Å². The van der Waals surface area contributed by atoms with E-state index in [1.165, 1.54) is 0 Å². The first kappa shape index (κ1) is 53.2. The molecule has 0 N–H and O–H groups in total. The van der Waals surface area contributed by atoms with Gasteiger partial charge < -0.3 is 28.6 Å². The Hall–Kier alpha value is -3.75. The Balaban J connectivity index is 4.42. The number of nitrogens with zero attached hydrogens (tertiary/aromatic N) is 1. The Morgan fingerprint density at radius 3 is 1.56 bits per heavy atom. The predicted octanol–water partition coefficient (Wildman–Crippen LogP) is 10.6. The van der Waals surface area contributed by atoms with Crippen molar-refractivity contribution in [3.8, 4) is 0 Å². The second-order valence-electron chi connectivity index (χ2n) is 15.2. The zero-order valence-corrected chi connectivity index (χ0v) is 36.5. The number of esters is 2. The zero-order chi connectivity index (χ0) is 42.1. The lowest BCUT2D eigenvalue weighted by Crippen LogP contribution is -2.55. The van der Waals surface area contributed by atoms with Gasteiger partial charge in [-0.3, -0.25) is 9.59 Å². The van der Waals surface area contributed by atoms with Crippen molar-refractivity contribution in [2.45, 2.75) is 154 Å². The topological polar surface area (TPSA) is 102 Å². The maximum atomic E-state index is 12.7. The molecule has 0 aliphatic heterocycles. The lowest BCUT2D eigenvalue weighted by molar-refractivity contribution is -0.889. The molecule has 0 aromatic carbocycles. The minimum atomic E-state index is -1.14. The van der Waals surface area contributed by atoms with Gasteiger partial charge in [-0.25, -0.2) is 0 Å². The van der Waals surface area contributed by atoms with Crippen molar-refractivity contribution in [2.75, 3.05) is 41.0 Å². The minimum Gasteiger partial charge on any atom is -0.544 e. The van der Waals surface area contributed by atoms with E-state index in [2.05, 4.69) is 98.9 Å². The number of aliphatic carboxylic acids is 1. The molecule has 0 amide bonds. The Labute approximate surface area is 347 Å². The van der Waals surface area contributed by atoms with Crippen LogP contribution in [0.15, 0.2) is 97.2 Å². The van der Waals surface area contributed by atoms with Crippen molar-refractivity contribution < 1.29 is 38.2 Å². The first-order valence-corrected chi connectivity index (χ1v) is 21.8. The van der Waals surface area contributed by atoms with Crippen LogP contribution >= 0.6 is 0 Å². The van der Waals surface area contributed by atoms with Crippen molar-refractivity contribution in [3.05, 3.63) is 97.2 Å². The average molecular weight is 794 g/mol. The van der Waals surface area contributed by atoms with Crippen molar-refractivity contribution >= 4 is 17.9 Å². The van der Waals surface area contributed by atoms with Crippen LogP contribution in [0.3, 0.4) is 0 Å². The van der Waals surface area contributed by atoms with Gasteiger partial charge in [0.15, 0.2) is 6.10 Å². The third kappa shape index (κ3) is 37.6. The lowest BCUT2D eigenvalue weighted by atomic mass is 10.1. The van der Waals surface area contributed by atoms with Gasteiger partial charge in [-0.15, -0.1) is 0 Å². The van der Waals surface area contributed by atoms with E-state index in [0.29, 0.717) is 6.42 Å². The van der Waals surface area contributed by atoms with Crippen molar-refractivity contribution in [3.63, 3.8) is 0 Å². The van der Waals surface area contributed by atoms with Crippen LogP contribution in [0.1, 0.15) is 142 Å². The number of carboxylic acids is 1. The normalized spacial score (nSPS) is 13.9. The van der Waals surface area contributed by atoms with E-state index < -0.39 is 18.1 Å². The van der Waals surface area contributed by atoms with E-state index in [4.69, 9.17) is 14.2 Å². The summed E-state index contributed by atoms with van der Waals surface area (Å²) in [5.41, 5.74) is 0. The van der Waals surface area contributed by atoms with Crippen LogP contribution in [-0.2, 0) is 28.6 Å². The monoisotopic (exact) mass is 794 g/mol. The fourth-order valence-electron chi connectivity index (χ4n) is 5.68. The number of hydrogen-bond donors (Lipinski definition) is 0. The number of quaternary nitrogens is 1. The number of carboxylic acid groups (broad SMARTS) is 1. The van der Waals surface area contributed by atoms with Gasteiger partial charge in [-0.1, -0.05) is 143 Å². The second-order valence-corrected chi connectivity index (χ2v) is 15.2. The Kier molecular flexibility index (Phi) is 36.5. The molecule has 0 bridgehead atoms. The van der Waals surface area contributed by atoms with E-state index in [-0.39, 0.29) is 49.1 Å². The number of unbranched alkanes of at least 4 members (excludes halogenated alkanes) is 9. The third-order valence-corrected chi connectivity index (χ3v) is 9.03. The molecule has 0 saturated carbocycles. The summed E-state index contributed by atoms with van der Waals surface area (Å²) in [6, 6.07) is -0.739. The van der Waals surface area contributed by atoms with Gasteiger partial charge in [0.2, 0.25) is 0 Å².